The lowest BCUT2D eigenvalue weighted by Gasteiger charge is -2.37. The Morgan fingerprint density at radius 1 is 1.43 bits per heavy atom. The summed E-state index contributed by atoms with van der Waals surface area (Å²) in [6.45, 7) is 4.10. The second-order valence-electron chi connectivity index (χ2n) is 4.89. The average molecular weight is 295 g/mol. The van der Waals surface area contributed by atoms with Crippen LogP contribution in [0.2, 0.25) is 0 Å². The summed E-state index contributed by atoms with van der Waals surface area (Å²) in [6.07, 6.45) is 1.03. The molecule has 0 aliphatic carbocycles. The van der Waals surface area contributed by atoms with Crippen molar-refractivity contribution < 1.29 is 14.4 Å². The first-order valence-electron chi connectivity index (χ1n) is 6.65. The summed E-state index contributed by atoms with van der Waals surface area (Å²) in [7, 11) is 0. The van der Waals surface area contributed by atoms with Gasteiger partial charge in [0.25, 0.3) is 5.91 Å². The van der Waals surface area contributed by atoms with Gasteiger partial charge in [0.1, 0.15) is 11.5 Å². The highest BCUT2D eigenvalue weighted by Gasteiger charge is 2.26. The van der Waals surface area contributed by atoms with Crippen LogP contribution in [0.15, 0.2) is 23.5 Å². The van der Waals surface area contributed by atoms with Crippen LogP contribution in [0, 0.1) is 5.82 Å². The number of piperazine rings is 1. The first kappa shape index (κ1) is 15.2. The monoisotopic (exact) mass is 295 g/mol. The van der Waals surface area contributed by atoms with Crippen molar-refractivity contribution in [1.29, 1.82) is 0 Å². The highest BCUT2D eigenvalue weighted by Crippen LogP contribution is 2.10. The Hall–Kier alpha value is -2.22. The van der Waals surface area contributed by atoms with Crippen LogP contribution < -0.4 is 5.73 Å². The van der Waals surface area contributed by atoms with Crippen LogP contribution >= 0.6 is 0 Å². The number of aromatic nitrogens is 1. The Morgan fingerprint density at radius 2 is 2.10 bits per heavy atom. The van der Waals surface area contributed by atoms with E-state index in [-0.39, 0.29) is 23.5 Å². The molecule has 1 fully saturated rings. The van der Waals surface area contributed by atoms with Crippen LogP contribution in [0.4, 0.5) is 4.39 Å². The highest BCUT2D eigenvalue weighted by molar-refractivity contribution is 5.92. The van der Waals surface area contributed by atoms with Crippen LogP contribution in [0.25, 0.3) is 0 Å². The summed E-state index contributed by atoms with van der Waals surface area (Å²) in [5.74, 6) is -0.537. The highest BCUT2D eigenvalue weighted by atomic mass is 19.1. The molecule has 3 N–H and O–H groups in total. The van der Waals surface area contributed by atoms with Crippen molar-refractivity contribution in [2.45, 2.75) is 13.0 Å². The molecule has 0 bridgehead atoms. The third-order valence-corrected chi connectivity index (χ3v) is 3.64. The van der Waals surface area contributed by atoms with Gasteiger partial charge in [-0.25, -0.2) is 9.37 Å². The number of halogens is 1. The van der Waals surface area contributed by atoms with Gasteiger partial charge in [0.15, 0.2) is 5.84 Å². The number of hydrogen-bond acceptors (Lipinski definition) is 5. The van der Waals surface area contributed by atoms with E-state index >= 15 is 0 Å². The fourth-order valence-electron chi connectivity index (χ4n) is 2.25. The molecule has 0 radical (unpaired) electrons. The van der Waals surface area contributed by atoms with Gasteiger partial charge in [0.05, 0.1) is 12.2 Å². The van der Waals surface area contributed by atoms with E-state index in [4.69, 9.17) is 10.9 Å². The van der Waals surface area contributed by atoms with Gasteiger partial charge in [-0.3, -0.25) is 9.69 Å². The lowest BCUT2D eigenvalue weighted by Crippen LogP contribution is -2.54. The number of rotatable bonds is 3. The van der Waals surface area contributed by atoms with E-state index in [0.29, 0.717) is 26.2 Å². The van der Waals surface area contributed by atoms with Gasteiger partial charge >= 0.3 is 0 Å². The predicted molar refractivity (Wildman–Crippen MR) is 74.5 cm³/mol. The summed E-state index contributed by atoms with van der Waals surface area (Å²) >= 11 is 0. The van der Waals surface area contributed by atoms with E-state index in [0.717, 1.165) is 6.20 Å². The molecule has 7 nitrogen and oxygen atoms in total. The van der Waals surface area contributed by atoms with Gasteiger partial charge in [0, 0.05) is 26.2 Å². The van der Waals surface area contributed by atoms with Crippen molar-refractivity contribution in [2.24, 2.45) is 10.9 Å². The maximum atomic E-state index is 12.8. The summed E-state index contributed by atoms with van der Waals surface area (Å²) in [6, 6.07) is 2.41. The van der Waals surface area contributed by atoms with Crippen LogP contribution in [-0.4, -0.2) is 64.0 Å². The summed E-state index contributed by atoms with van der Waals surface area (Å²) < 4.78 is 12.8. The molecule has 114 valence electrons. The number of pyridine rings is 1. The quantitative estimate of drug-likeness (QED) is 0.357. The Bertz CT molecular complexity index is 526. The minimum absolute atomic E-state index is 0.148. The topological polar surface area (TPSA) is 95.0 Å². The largest absolute Gasteiger partial charge is 0.409 e. The summed E-state index contributed by atoms with van der Waals surface area (Å²) in [5.41, 5.74) is 5.81. The van der Waals surface area contributed by atoms with E-state index < -0.39 is 5.82 Å². The lowest BCUT2D eigenvalue weighted by molar-refractivity contribution is 0.0613. The molecule has 21 heavy (non-hydrogen) atoms. The number of amidine groups is 1. The van der Waals surface area contributed by atoms with Crippen molar-refractivity contribution in [3.8, 4) is 0 Å². The molecule has 0 aromatic carbocycles. The number of nitrogens with two attached hydrogens (primary N) is 1. The van der Waals surface area contributed by atoms with Crippen molar-refractivity contribution in [3.63, 3.8) is 0 Å². The van der Waals surface area contributed by atoms with Crippen molar-refractivity contribution >= 4 is 11.7 Å². The van der Waals surface area contributed by atoms with E-state index in [1.165, 1.54) is 12.1 Å². The normalized spacial score (nSPS) is 18.6. The molecule has 0 spiro atoms. The number of amides is 1. The third kappa shape index (κ3) is 3.46. The lowest BCUT2D eigenvalue weighted by atomic mass is 10.2. The van der Waals surface area contributed by atoms with Crippen LogP contribution in [0.5, 0.6) is 0 Å². The molecule has 1 aromatic heterocycles. The van der Waals surface area contributed by atoms with Gasteiger partial charge in [-0.2, -0.15) is 0 Å². The SMILES string of the molecule is CC(/C(N)=N/O)N1CCN(C(=O)c2ccc(F)cn2)CC1. The fraction of sp³-hybridized carbons (Fsp3) is 0.462. The third-order valence-electron chi connectivity index (χ3n) is 3.64. The second-order valence-corrected chi connectivity index (χ2v) is 4.89. The van der Waals surface area contributed by atoms with Gasteiger partial charge in [-0.15, -0.1) is 0 Å². The molecule has 1 saturated heterocycles. The fourth-order valence-corrected chi connectivity index (χ4v) is 2.25. The Kier molecular flexibility index (Phi) is 4.69. The second kappa shape index (κ2) is 6.49. The van der Waals surface area contributed by atoms with Gasteiger partial charge in [-0.05, 0) is 19.1 Å². The molecule has 1 amide bonds. The van der Waals surface area contributed by atoms with Crippen LogP contribution in [-0.2, 0) is 0 Å². The molecule has 1 unspecified atom stereocenters. The van der Waals surface area contributed by atoms with E-state index in [1.807, 2.05) is 11.8 Å². The smallest absolute Gasteiger partial charge is 0.272 e. The first-order chi connectivity index (χ1) is 10.0. The van der Waals surface area contributed by atoms with E-state index in [2.05, 4.69) is 10.1 Å². The van der Waals surface area contributed by atoms with Crippen molar-refractivity contribution in [3.05, 3.63) is 29.8 Å². The minimum atomic E-state index is -0.469. The van der Waals surface area contributed by atoms with E-state index in [1.54, 1.807) is 4.90 Å². The average Bonchev–Trinajstić information content (AvgIpc) is 2.53. The number of carbonyl (C=O) groups excluding carboxylic acids is 1. The molecular formula is C13H18FN5O2. The number of oxime groups is 1. The zero-order valence-corrected chi connectivity index (χ0v) is 11.7. The number of carbonyl (C=O) groups is 1. The number of nitrogens with zero attached hydrogens (tertiary/aromatic N) is 4. The van der Waals surface area contributed by atoms with Gasteiger partial charge in [-0.1, -0.05) is 5.16 Å². The molecule has 2 rings (SSSR count). The molecule has 1 aromatic rings. The van der Waals surface area contributed by atoms with Gasteiger partial charge < -0.3 is 15.8 Å². The predicted octanol–water partition coefficient (Wildman–Crippen LogP) is 0.113. The van der Waals surface area contributed by atoms with Crippen molar-refractivity contribution in [1.82, 2.24) is 14.8 Å². The van der Waals surface area contributed by atoms with Crippen molar-refractivity contribution in [2.75, 3.05) is 26.2 Å². The van der Waals surface area contributed by atoms with Gasteiger partial charge in [0.2, 0.25) is 0 Å². The maximum Gasteiger partial charge on any atom is 0.272 e. The molecule has 1 aliphatic rings. The molecule has 1 aliphatic heterocycles. The zero-order valence-electron chi connectivity index (χ0n) is 11.7. The maximum absolute atomic E-state index is 12.8. The molecule has 1 atom stereocenters. The van der Waals surface area contributed by atoms with Crippen LogP contribution in [0.1, 0.15) is 17.4 Å². The molecule has 0 saturated carbocycles. The molecular weight excluding hydrogens is 277 g/mol. The number of hydrogen-bond donors (Lipinski definition) is 2. The Balaban J connectivity index is 1.94. The first-order valence-corrected chi connectivity index (χ1v) is 6.65. The summed E-state index contributed by atoms with van der Waals surface area (Å²) in [4.78, 5) is 19.7. The molecule has 2 heterocycles. The standard InChI is InChI=1S/C13H18FN5O2/c1-9(12(15)17-21)18-4-6-19(7-5-18)13(20)11-3-2-10(14)8-16-11/h2-3,8-9,21H,4-7H2,1H3,(H2,15,17). The summed E-state index contributed by atoms with van der Waals surface area (Å²) in [5, 5.41) is 11.7. The Labute approximate surface area is 121 Å². The Morgan fingerprint density at radius 3 is 2.62 bits per heavy atom. The zero-order chi connectivity index (χ0) is 15.4. The minimum Gasteiger partial charge on any atom is -0.409 e. The van der Waals surface area contributed by atoms with Crippen LogP contribution in [0.3, 0.4) is 0 Å². The van der Waals surface area contributed by atoms with E-state index in [9.17, 15) is 9.18 Å². The molecule has 8 heteroatoms.